The first-order valence-corrected chi connectivity index (χ1v) is 5.71. The number of hydrogen-bond acceptors (Lipinski definition) is 4. The Labute approximate surface area is 110 Å². The number of carbonyl (C=O) groups is 1. The molecule has 2 heterocycles. The number of aliphatic carboxylic acids is 1. The first kappa shape index (κ1) is 12.8. The van der Waals surface area contributed by atoms with Gasteiger partial charge in [-0.25, -0.2) is 4.79 Å². The molecule has 0 amide bonds. The predicted octanol–water partition coefficient (Wildman–Crippen LogP) is 1.45. The van der Waals surface area contributed by atoms with Gasteiger partial charge in [-0.2, -0.15) is 5.10 Å². The molecule has 6 nitrogen and oxygen atoms in total. The summed E-state index contributed by atoms with van der Waals surface area (Å²) in [6.45, 7) is 1.15. The van der Waals surface area contributed by atoms with Gasteiger partial charge in [0.2, 0.25) is 0 Å². The second kappa shape index (κ2) is 6.34. The van der Waals surface area contributed by atoms with E-state index in [1.807, 2.05) is 12.3 Å². The van der Waals surface area contributed by atoms with Gasteiger partial charge in [0, 0.05) is 18.5 Å². The van der Waals surface area contributed by atoms with Crippen LogP contribution in [0.5, 0.6) is 5.75 Å². The minimum absolute atomic E-state index is 0.494. The third-order valence-electron chi connectivity index (χ3n) is 2.30. The van der Waals surface area contributed by atoms with E-state index in [2.05, 4.69) is 10.1 Å². The maximum Gasteiger partial charge on any atom is 0.328 e. The Morgan fingerprint density at radius 2 is 2.37 bits per heavy atom. The highest BCUT2D eigenvalue weighted by molar-refractivity contribution is 5.84. The lowest BCUT2D eigenvalue weighted by Crippen LogP contribution is -2.08. The van der Waals surface area contributed by atoms with Crippen molar-refractivity contribution >= 4 is 12.0 Å². The van der Waals surface area contributed by atoms with Crippen LogP contribution in [-0.4, -0.2) is 32.4 Å². The third-order valence-corrected chi connectivity index (χ3v) is 2.30. The van der Waals surface area contributed by atoms with Gasteiger partial charge in [0.15, 0.2) is 0 Å². The van der Waals surface area contributed by atoms with Crippen LogP contribution in [0.15, 0.2) is 42.9 Å². The van der Waals surface area contributed by atoms with Crippen molar-refractivity contribution in [3.8, 4) is 5.75 Å². The normalized spacial score (nSPS) is 10.7. The standard InChI is InChI=1S/C13H13N3O3/c17-13(18)5-3-11-2-4-12(10-14-11)19-9-8-16-7-1-6-15-16/h1-7,10H,8-9H2,(H,17,18). The molecule has 98 valence electrons. The molecule has 1 N–H and O–H groups in total. The Bertz CT molecular complexity index is 547. The van der Waals surface area contributed by atoms with Gasteiger partial charge in [0.1, 0.15) is 12.4 Å². The van der Waals surface area contributed by atoms with Gasteiger partial charge in [0.25, 0.3) is 0 Å². The molecule has 0 aromatic carbocycles. The first-order valence-electron chi connectivity index (χ1n) is 5.71. The van der Waals surface area contributed by atoms with E-state index in [1.54, 1.807) is 29.2 Å². The average molecular weight is 259 g/mol. The Morgan fingerprint density at radius 3 is 3.00 bits per heavy atom. The van der Waals surface area contributed by atoms with Crippen molar-refractivity contribution in [2.24, 2.45) is 0 Å². The zero-order valence-corrected chi connectivity index (χ0v) is 10.1. The predicted molar refractivity (Wildman–Crippen MR) is 68.6 cm³/mol. The molecular weight excluding hydrogens is 246 g/mol. The Balaban J connectivity index is 1.83. The van der Waals surface area contributed by atoms with E-state index in [1.165, 1.54) is 6.08 Å². The van der Waals surface area contributed by atoms with Gasteiger partial charge < -0.3 is 9.84 Å². The number of hydrogen-bond donors (Lipinski definition) is 1. The molecular formula is C13H13N3O3. The Morgan fingerprint density at radius 1 is 1.47 bits per heavy atom. The number of nitrogens with zero attached hydrogens (tertiary/aromatic N) is 3. The fourth-order valence-electron chi connectivity index (χ4n) is 1.42. The number of carboxylic acid groups (broad SMARTS) is 1. The van der Waals surface area contributed by atoms with E-state index >= 15 is 0 Å². The maximum absolute atomic E-state index is 10.3. The van der Waals surface area contributed by atoms with Crippen molar-refractivity contribution in [3.05, 3.63) is 48.6 Å². The molecule has 0 radical (unpaired) electrons. The van der Waals surface area contributed by atoms with Crippen molar-refractivity contribution < 1.29 is 14.6 Å². The molecule has 0 saturated heterocycles. The molecule has 19 heavy (non-hydrogen) atoms. The van der Waals surface area contributed by atoms with E-state index < -0.39 is 5.97 Å². The molecule has 0 fully saturated rings. The molecule has 2 aromatic rings. The van der Waals surface area contributed by atoms with E-state index in [-0.39, 0.29) is 0 Å². The fraction of sp³-hybridized carbons (Fsp3) is 0.154. The van der Waals surface area contributed by atoms with Crippen molar-refractivity contribution in [2.45, 2.75) is 6.54 Å². The highest BCUT2D eigenvalue weighted by Gasteiger charge is 1.96. The topological polar surface area (TPSA) is 77.2 Å². The lowest BCUT2D eigenvalue weighted by Gasteiger charge is -2.05. The van der Waals surface area contributed by atoms with Crippen molar-refractivity contribution in [3.63, 3.8) is 0 Å². The van der Waals surface area contributed by atoms with Crippen LogP contribution >= 0.6 is 0 Å². The van der Waals surface area contributed by atoms with E-state index in [0.717, 1.165) is 6.08 Å². The summed E-state index contributed by atoms with van der Waals surface area (Å²) < 4.78 is 7.27. The zero-order chi connectivity index (χ0) is 13.5. The summed E-state index contributed by atoms with van der Waals surface area (Å²) in [6, 6.07) is 5.30. The summed E-state index contributed by atoms with van der Waals surface area (Å²) in [5, 5.41) is 12.5. The fourth-order valence-corrected chi connectivity index (χ4v) is 1.42. The molecule has 0 aliphatic carbocycles. The van der Waals surface area contributed by atoms with Crippen LogP contribution in [0, 0.1) is 0 Å². The van der Waals surface area contributed by atoms with Gasteiger partial charge in [0.05, 0.1) is 18.4 Å². The summed E-state index contributed by atoms with van der Waals surface area (Å²) in [5.41, 5.74) is 0.571. The van der Waals surface area contributed by atoms with Crippen LogP contribution in [0.25, 0.3) is 6.08 Å². The molecule has 0 aliphatic rings. The number of ether oxygens (including phenoxy) is 1. The number of rotatable bonds is 6. The van der Waals surface area contributed by atoms with E-state index in [4.69, 9.17) is 9.84 Å². The van der Waals surface area contributed by atoms with Crippen LogP contribution in [0.2, 0.25) is 0 Å². The SMILES string of the molecule is O=C(O)C=Cc1ccc(OCCn2cccn2)cn1. The van der Waals surface area contributed by atoms with Crippen molar-refractivity contribution in [2.75, 3.05) is 6.61 Å². The van der Waals surface area contributed by atoms with Gasteiger partial charge in [-0.05, 0) is 24.3 Å². The monoisotopic (exact) mass is 259 g/mol. The summed E-state index contributed by atoms with van der Waals surface area (Å²) >= 11 is 0. The largest absolute Gasteiger partial charge is 0.490 e. The minimum Gasteiger partial charge on any atom is -0.490 e. The number of carboxylic acids is 1. The minimum atomic E-state index is -0.999. The molecule has 0 unspecified atom stereocenters. The van der Waals surface area contributed by atoms with Gasteiger partial charge >= 0.3 is 5.97 Å². The van der Waals surface area contributed by atoms with Crippen LogP contribution in [0.3, 0.4) is 0 Å². The molecule has 6 heteroatoms. The van der Waals surface area contributed by atoms with Gasteiger partial charge in [-0.15, -0.1) is 0 Å². The lowest BCUT2D eigenvalue weighted by molar-refractivity contribution is -0.131. The van der Waals surface area contributed by atoms with Gasteiger partial charge in [-0.3, -0.25) is 9.67 Å². The van der Waals surface area contributed by atoms with Crippen LogP contribution < -0.4 is 4.74 Å². The Hall–Kier alpha value is -2.63. The second-order valence-electron chi connectivity index (χ2n) is 3.71. The summed E-state index contributed by atoms with van der Waals surface area (Å²) in [4.78, 5) is 14.4. The highest BCUT2D eigenvalue weighted by Crippen LogP contribution is 2.10. The smallest absolute Gasteiger partial charge is 0.328 e. The summed E-state index contributed by atoms with van der Waals surface area (Å²) in [5.74, 6) is -0.360. The maximum atomic E-state index is 10.3. The number of aromatic nitrogens is 3. The Kier molecular flexibility index (Phi) is 4.28. The van der Waals surface area contributed by atoms with Crippen LogP contribution in [0.1, 0.15) is 5.69 Å². The quantitative estimate of drug-likeness (QED) is 0.794. The lowest BCUT2D eigenvalue weighted by atomic mass is 10.3. The van der Waals surface area contributed by atoms with Gasteiger partial charge in [-0.1, -0.05) is 0 Å². The summed E-state index contributed by atoms with van der Waals surface area (Å²) in [6.07, 6.45) is 7.60. The summed E-state index contributed by atoms with van der Waals surface area (Å²) in [7, 11) is 0. The zero-order valence-electron chi connectivity index (χ0n) is 10.1. The average Bonchev–Trinajstić information content (AvgIpc) is 2.91. The molecule has 0 bridgehead atoms. The molecule has 2 rings (SSSR count). The second-order valence-corrected chi connectivity index (χ2v) is 3.71. The van der Waals surface area contributed by atoms with Crippen molar-refractivity contribution in [1.82, 2.24) is 14.8 Å². The number of pyridine rings is 1. The van der Waals surface area contributed by atoms with Crippen molar-refractivity contribution in [1.29, 1.82) is 0 Å². The molecule has 0 spiro atoms. The van der Waals surface area contributed by atoms with E-state index in [9.17, 15) is 4.79 Å². The molecule has 0 atom stereocenters. The molecule has 0 aliphatic heterocycles. The third kappa shape index (κ3) is 4.27. The van der Waals surface area contributed by atoms with E-state index in [0.29, 0.717) is 24.6 Å². The highest BCUT2D eigenvalue weighted by atomic mass is 16.5. The van der Waals surface area contributed by atoms with Crippen LogP contribution in [0.4, 0.5) is 0 Å². The first-order chi connectivity index (χ1) is 9.24. The molecule has 2 aromatic heterocycles. The molecule has 0 saturated carbocycles. The van der Waals surface area contributed by atoms with Crippen LogP contribution in [-0.2, 0) is 11.3 Å².